The normalized spacial score (nSPS) is 15.1. The molecule has 0 saturated heterocycles. The first-order valence-corrected chi connectivity index (χ1v) is 6.40. The first-order valence-electron chi connectivity index (χ1n) is 6.40. The summed E-state index contributed by atoms with van der Waals surface area (Å²) in [4.78, 5) is 13.7. The number of phenols is 1. The van der Waals surface area contributed by atoms with Gasteiger partial charge in [0.2, 0.25) is 5.91 Å². The maximum atomic E-state index is 12.1. The van der Waals surface area contributed by atoms with E-state index in [4.69, 9.17) is 0 Å². The van der Waals surface area contributed by atoms with Gasteiger partial charge in [0.05, 0.1) is 0 Å². The minimum Gasteiger partial charge on any atom is -0.508 e. The number of aromatic hydroxyl groups is 1. The Bertz CT molecular complexity index is 465. The highest BCUT2D eigenvalue weighted by Crippen LogP contribution is 2.23. The summed E-state index contributed by atoms with van der Waals surface area (Å²) in [6.45, 7) is 0. The highest BCUT2D eigenvalue weighted by atomic mass is 16.3. The third-order valence-corrected chi connectivity index (χ3v) is 3.35. The summed E-state index contributed by atoms with van der Waals surface area (Å²) in [5, 5.41) is 9.42. The summed E-state index contributed by atoms with van der Waals surface area (Å²) in [5.41, 5.74) is 1.98. The fraction of sp³-hybridized carbons (Fsp3) is 0.400. The van der Waals surface area contributed by atoms with E-state index < -0.39 is 0 Å². The number of carbonyl (C=O) groups excluding carboxylic acids is 1. The topological polar surface area (TPSA) is 40.5 Å². The van der Waals surface area contributed by atoms with Crippen LogP contribution in [0.2, 0.25) is 0 Å². The number of hydrogen-bond donors (Lipinski definition) is 1. The Labute approximate surface area is 108 Å². The van der Waals surface area contributed by atoms with Crippen molar-refractivity contribution in [3.8, 4) is 5.75 Å². The van der Waals surface area contributed by atoms with E-state index in [0.29, 0.717) is 6.42 Å². The molecule has 0 aliphatic heterocycles. The maximum absolute atomic E-state index is 12.1. The lowest BCUT2D eigenvalue weighted by Gasteiger charge is -2.19. The van der Waals surface area contributed by atoms with Crippen LogP contribution in [-0.4, -0.2) is 18.1 Å². The van der Waals surface area contributed by atoms with Crippen LogP contribution in [0.5, 0.6) is 5.75 Å². The molecule has 0 bridgehead atoms. The van der Waals surface area contributed by atoms with Crippen molar-refractivity contribution in [1.29, 1.82) is 0 Å². The predicted molar refractivity (Wildman–Crippen MR) is 72.7 cm³/mol. The van der Waals surface area contributed by atoms with Gasteiger partial charge in [-0.15, -0.1) is 0 Å². The Morgan fingerprint density at radius 3 is 2.89 bits per heavy atom. The second kappa shape index (κ2) is 5.71. The molecule has 2 rings (SSSR count). The lowest BCUT2D eigenvalue weighted by molar-refractivity contribution is -0.117. The monoisotopic (exact) mass is 245 g/mol. The van der Waals surface area contributed by atoms with Gasteiger partial charge in [0.25, 0.3) is 0 Å². The molecule has 1 aromatic rings. The van der Waals surface area contributed by atoms with Gasteiger partial charge in [-0.3, -0.25) is 4.79 Å². The molecule has 96 valence electrons. The van der Waals surface area contributed by atoms with Gasteiger partial charge in [0, 0.05) is 25.2 Å². The van der Waals surface area contributed by atoms with Gasteiger partial charge in [-0.25, -0.2) is 0 Å². The quantitative estimate of drug-likeness (QED) is 0.830. The molecule has 1 N–H and O–H groups in total. The lowest BCUT2D eigenvalue weighted by Crippen LogP contribution is -2.26. The summed E-state index contributed by atoms with van der Waals surface area (Å²) < 4.78 is 0. The first kappa shape index (κ1) is 12.7. The largest absolute Gasteiger partial charge is 0.508 e. The predicted octanol–water partition coefficient (Wildman–Crippen LogP) is 3.25. The molecule has 0 aromatic heterocycles. The molecule has 0 spiro atoms. The second-order valence-electron chi connectivity index (χ2n) is 4.76. The smallest absolute Gasteiger partial charge is 0.230 e. The molecule has 1 amide bonds. The lowest BCUT2D eigenvalue weighted by atomic mass is 9.97. The van der Waals surface area contributed by atoms with Crippen LogP contribution in [0, 0.1) is 0 Å². The van der Waals surface area contributed by atoms with Crippen LogP contribution >= 0.6 is 0 Å². The van der Waals surface area contributed by atoms with Crippen LogP contribution in [0.1, 0.15) is 32.1 Å². The first-order chi connectivity index (χ1) is 8.66. The number of hydrogen-bond acceptors (Lipinski definition) is 2. The molecule has 18 heavy (non-hydrogen) atoms. The van der Waals surface area contributed by atoms with Gasteiger partial charge in [-0.1, -0.05) is 17.7 Å². The molecule has 0 heterocycles. The SMILES string of the molecule is CN(C(=O)CC1=CCCCC1)c1cccc(O)c1. The summed E-state index contributed by atoms with van der Waals surface area (Å²) in [5.74, 6) is 0.262. The molecule has 0 atom stereocenters. The fourth-order valence-corrected chi connectivity index (χ4v) is 2.22. The standard InChI is InChI=1S/C15H19NO2/c1-16(13-8-5-9-14(17)11-13)15(18)10-12-6-3-2-4-7-12/h5-6,8-9,11,17H,2-4,7,10H2,1H3. The Balaban J connectivity index is 2.02. The third-order valence-electron chi connectivity index (χ3n) is 3.35. The highest BCUT2D eigenvalue weighted by Gasteiger charge is 2.14. The van der Waals surface area contributed by atoms with Crippen LogP contribution in [0.25, 0.3) is 0 Å². The third kappa shape index (κ3) is 3.13. The van der Waals surface area contributed by atoms with Crippen LogP contribution in [-0.2, 0) is 4.79 Å². The van der Waals surface area contributed by atoms with Crippen LogP contribution in [0.3, 0.4) is 0 Å². The highest BCUT2D eigenvalue weighted by molar-refractivity contribution is 5.94. The number of benzene rings is 1. The van der Waals surface area contributed by atoms with Crippen molar-refractivity contribution in [3.05, 3.63) is 35.9 Å². The molecule has 3 heteroatoms. The molecular weight excluding hydrogens is 226 g/mol. The van der Waals surface area contributed by atoms with Gasteiger partial charge < -0.3 is 10.0 Å². The van der Waals surface area contributed by atoms with Gasteiger partial charge in [-0.2, -0.15) is 0 Å². The molecule has 0 unspecified atom stereocenters. The van der Waals surface area contributed by atoms with Gasteiger partial charge in [0.1, 0.15) is 5.75 Å². The fourth-order valence-electron chi connectivity index (χ4n) is 2.22. The molecule has 0 fully saturated rings. The van der Waals surface area contributed by atoms with Crippen molar-refractivity contribution in [2.45, 2.75) is 32.1 Å². The van der Waals surface area contributed by atoms with Crippen molar-refractivity contribution in [3.63, 3.8) is 0 Å². The summed E-state index contributed by atoms with van der Waals surface area (Å²) in [7, 11) is 1.75. The Morgan fingerprint density at radius 2 is 2.22 bits per heavy atom. The zero-order valence-electron chi connectivity index (χ0n) is 10.7. The average molecular weight is 245 g/mol. The molecule has 0 saturated carbocycles. The number of allylic oxidation sites excluding steroid dienone is 1. The molecule has 3 nitrogen and oxygen atoms in total. The Morgan fingerprint density at radius 1 is 1.39 bits per heavy atom. The maximum Gasteiger partial charge on any atom is 0.230 e. The Hall–Kier alpha value is -1.77. The number of nitrogens with zero attached hydrogens (tertiary/aromatic N) is 1. The van der Waals surface area contributed by atoms with E-state index in [-0.39, 0.29) is 11.7 Å². The number of phenolic OH excluding ortho intramolecular Hbond substituents is 1. The van der Waals surface area contributed by atoms with E-state index in [9.17, 15) is 9.90 Å². The molecule has 1 aromatic carbocycles. The van der Waals surface area contributed by atoms with Crippen molar-refractivity contribution in [2.24, 2.45) is 0 Å². The average Bonchev–Trinajstić information content (AvgIpc) is 2.39. The zero-order chi connectivity index (χ0) is 13.0. The number of carbonyl (C=O) groups is 1. The summed E-state index contributed by atoms with van der Waals surface area (Å²) >= 11 is 0. The zero-order valence-corrected chi connectivity index (χ0v) is 10.7. The van der Waals surface area contributed by atoms with E-state index >= 15 is 0 Å². The van der Waals surface area contributed by atoms with E-state index in [2.05, 4.69) is 6.08 Å². The molecular formula is C15H19NO2. The Kier molecular flexibility index (Phi) is 4.03. The van der Waals surface area contributed by atoms with Gasteiger partial charge in [0.15, 0.2) is 0 Å². The molecule has 1 aliphatic carbocycles. The number of rotatable bonds is 3. The number of amides is 1. The van der Waals surface area contributed by atoms with Crippen molar-refractivity contribution < 1.29 is 9.90 Å². The minimum atomic E-state index is 0.0775. The van der Waals surface area contributed by atoms with Crippen molar-refractivity contribution in [2.75, 3.05) is 11.9 Å². The summed E-state index contributed by atoms with van der Waals surface area (Å²) in [6.07, 6.45) is 7.25. The van der Waals surface area contributed by atoms with Crippen molar-refractivity contribution >= 4 is 11.6 Å². The van der Waals surface area contributed by atoms with E-state index in [1.807, 2.05) is 6.07 Å². The molecule has 0 radical (unpaired) electrons. The summed E-state index contributed by atoms with van der Waals surface area (Å²) in [6, 6.07) is 6.78. The van der Waals surface area contributed by atoms with Crippen molar-refractivity contribution in [1.82, 2.24) is 0 Å². The van der Waals surface area contributed by atoms with E-state index in [1.54, 1.807) is 30.1 Å². The second-order valence-corrected chi connectivity index (χ2v) is 4.76. The van der Waals surface area contributed by atoms with Crippen LogP contribution in [0.4, 0.5) is 5.69 Å². The number of anilines is 1. The van der Waals surface area contributed by atoms with E-state index in [1.165, 1.54) is 18.4 Å². The van der Waals surface area contributed by atoms with Crippen LogP contribution in [0.15, 0.2) is 35.9 Å². The van der Waals surface area contributed by atoms with Gasteiger partial charge >= 0.3 is 0 Å². The molecule has 1 aliphatic rings. The van der Waals surface area contributed by atoms with Crippen LogP contribution < -0.4 is 4.90 Å². The minimum absolute atomic E-state index is 0.0775. The van der Waals surface area contributed by atoms with E-state index in [0.717, 1.165) is 18.5 Å². The van der Waals surface area contributed by atoms with Gasteiger partial charge in [-0.05, 0) is 37.8 Å².